The quantitative estimate of drug-likeness (QED) is 0.626. The van der Waals surface area contributed by atoms with Gasteiger partial charge in [-0.1, -0.05) is 32.3 Å². The van der Waals surface area contributed by atoms with Crippen molar-refractivity contribution >= 4 is 0 Å². The molecule has 2 rings (SSSR count). The Morgan fingerprint density at radius 1 is 1.14 bits per heavy atom. The summed E-state index contributed by atoms with van der Waals surface area (Å²) < 4.78 is 0. The first-order chi connectivity index (χ1) is 6.11. The van der Waals surface area contributed by atoms with Crippen molar-refractivity contribution in [2.45, 2.75) is 26.2 Å². The van der Waals surface area contributed by atoms with Crippen LogP contribution in [0.25, 0.3) is 0 Å². The number of fused-ring (bicyclic) bond motifs is 1. The molecule has 0 spiro atoms. The Hall–Kier alpha value is -0.482. The van der Waals surface area contributed by atoms with Crippen LogP contribution >= 0.6 is 0 Å². The van der Waals surface area contributed by atoms with Gasteiger partial charge in [0.15, 0.2) is 0 Å². The molecule has 0 amide bonds. The average Bonchev–Trinajstić information content (AvgIpc) is 2.13. The normalized spacial score (nSPS) is 17.2. The molecule has 1 heteroatoms. The molecule has 1 aromatic carbocycles. The molecule has 0 nitrogen and oxygen atoms in total. The van der Waals surface area contributed by atoms with E-state index in [1.54, 1.807) is 0 Å². The maximum atomic E-state index is 2.28. The van der Waals surface area contributed by atoms with E-state index in [0.29, 0.717) is 0 Å². The Balaban J connectivity index is 0.000000980. The van der Waals surface area contributed by atoms with Gasteiger partial charge in [0, 0.05) is 21.1 Å². The second-order valence-electron chi connectivity index (χ2n) is 4.28. The van der Waals surface area contributed by atoms with Crippen LogP contribution in [0.4, 0.5) is 0 Å². The van der Waals surface area contributed by atoms with Crippen LogP contribution in [0, 0.1) is 5.92 Å². The van der Waals surface area contributed by atoms with Gasteiger partial charge in [0.05, 0.1) is 0 Å². The molecule has 0 bridgehead atoms. The van der Waals surface area contributed by atoms with Crippen molar-refractivity contribution in [1.29, 1.82) is 0 Å². The van der Waals surface area contributed by atoms with E-state index in [0.717, 1.165) is 0 Å². The molecule has 0 unspecified atom stereocenters. The Kier molecular flexibility index (Phi) is 3.27. The minimum absolute atomic E-state index is 0. The number of allylic oxidation sites excluding steroid dienone is 2. The average molecular weight is 355 g/mol. The van der Waals surface area contributed by atoms with E-state index >= 15 is 0 Å². The van der Waals surface area contributed by atoms with Crippen LogP contribution < -0.4 is 0 Å². The van der Waals surface area contributed by atoms with Crippen molar-refractivity contribution in [3.05, 3.63) is 53.5 Å². The van der Waals surface area contributed by atoms with Crippen molar-refractivity contribution in [1.82, 2.24) is 0 Å². The first-order valence-electron chi connectivity index (χ1n) is 4.74. The van der Waals surface area contributed by atoms with Gasteiger partial charge in [0.2, 0.25) is 0 Å². The van der Waals surface area contributed by atoms with Crippen LogP contribution in [0.5, 0.6) is 0 Å². The summed E-state index contributed by atoms with van der Waals surface area (Å²) in [4.78, 5) is 0. The Bertz CT molecular complexity index is 350. The summed E-state index contributed by atoms with van der Waals surface area (Å²) in [6.45, 7) is 6.69. The molecule has 1 aromatic rings. The maximum Gasteiger partial charge on any atom is 0 e. The van der Waals surface area contributed by atoms with Crippen molar-refractivity contribution in [2.24, 2.45) is 0 Å². The molecule has 0 aliphatic heterocycles. The van der Waals surface area contributed by atoms with E-state index in [1.807, 2.05) is 0 Å². The largest absolute Gasteiger partial charge is 0.153 e. The molecule has 0 heterocycles. The van der Waals surface area contributed by atoms with E-state index < -0.39 is 0 Å². The number of hydrogen-bond donors (Lipinski definition) is 0. The van der Waals surface area contributed by atoms with Gasteiger partial charge in [-0.05, 0) is 0 Å². The summed E-state index contributed by atoms with van der Waals surface area (Å²) in [5.41, 5.74) is 3.03. The van der Waals surface area contributed by atoms with Crippen molar-refractivity contribution in [3.63, 3.8) is 0 Å². The molecule has 0 radical (unpaired) electrons. The van der Waals surface area contributed by atoms with Gasteiger partial charge in [-0.3, -0.25) is 0 Å². The molecule has 0 saturated carbocycles. The third-order valence-corrected chi connectivity index (χ3v) is 2.80. The smallest absolute Gasteiger partial charge is 0 e. The second-order valence-corrected chi connectivity index (χ2v) is 4.28. The second kappa shape index (κ2) is 3.94. The minimum Gasteiger partial charge on any atom is -0.153 e. The molecular formula is C13H15W-. The molecule has 0 aromatic heterocycles. The van der Waals surface area contributed by atoms with Crippen LogP contribution in [0.15, 0.2) is 36.4 Å². The van der Waals surface area contributed by atoms with Crippen LogP contribution in [0.2, 0.25) is 0 Å². The fraction of sp³-hybridized carbons (Fsp3) is 0.308. The van der Waals surface area contributed by atoms with Crippen LogP contribution in [0.3, 0.4) is 0 Å². The van der Waals surface area contributed by atoms with Gasteiger partial charge < -0.3 is 0 Å². The topological polar surface area (TPSA) is 0 Å². The number of rotatable bonds is 0. The van der Waals surface area contributed by atoms with Gasteiger partial charge in [0.1, 0.15) is 0 Å². The molecule has 14 heavy (non-hydrogen) atoms. The summed E-state index contributed by atoms with van der Waals surface area (Å²) in [5, 5.41) is 0. The predicted molar refractivity (Wildman–Crippen MR) is 56.6 cm³/mol. The van der Waals surface area contributed by atoms with E-state index in [9.17, 15) is 0 Å². The first kappa shape index (κ1) is 11.6. The summed E-state index contributed by atoms with van der Waals surface area (Å²) in [6, 6.07) is 8.66. The minimum atomic E-state index is 0. The standard InChI is InChI=1S/C13H15.W/c1-10-8-9-13(2,3)12-7-5-4-6-11(10)12;/h4-9H,1-3H3;/q-1;. The molecule has 0 fully saturated rings. The number of benzene rings is 1. The van der Waals surface area contributed by atoms with Gasteiger partial charge in [-0.15, -0.1) is 41.3 Å². The van der Waals surface area contributed by atoms with Crippen molar-refractivity contribution in [2.75, 3.05) is 0 Å². The molecule has 74 valence electrons. The summed E-state index contributed by atoms with van der Waals surface area (Å²) in [5.74, 6) is 1.37. The van der Waals surface area contributed by atoms with E-state index in [2.05, 4.69) is 57.2 Å². The SMILES string of the molecule is C[C-]1C=CC(C)(C)c2ccccc21.[W]. The zero-order valence-electron chi connectivity index (χ0n) is 8.87. The zero-order chi connectivity index (χ0) is 9.47. The van der Waals surface area contributed by atoms with Gasteiger partial charge in [0.25, 0.3) is 0 Å². The molecule has 0 N–H and O–H groups in total. The maximum absolute atomic E-state index is 2.28. The Labute approximate surface area is 101 Å². The predicted octanol–water partition coefficient (Wildman–Crippen LogP) is 3.47. The third-order valence-electron chi connectivity index (χ3n) is 2.80. The number of hydrogen-bond acceptors (Lipinski definition) is 0. The van der Waals surface area contributed by atoms with Crippen LogP contribution in [-0.2, 0) is 26.5 Å². The van der Waals surface area contributed by atoms with E-state index in [4.69, 9.17) is 0 Å². The molecular weight excluding hydrogens is 340 g/mol. The molecule has 0 atom stereocenters. The van der Waals surface area contributed by atoms with Crippen LogP contribution in [0.1, 0.15) is 31.9 Å². The molecule has 0 saturated heterocycles. The summed E-state index contributed by atoms with van der Waals surface area (Å²) >= 11 is 0. The fourth-order valence-corrected chi connectivity index (χ4v) is 1.90. The monoisotopic (exact) mass is 355 g/mol. The van der Waals surface area contributed by atoms with Crippen molar-refractivity contribution < 1.29 is 21.1 Å². The van der Waals surface area contributed by atoms with Gasteiger partial charge in [-0.25, -0.2) is 0 Å². The summed E-state index contributed by atoms with van der Waals surface area (Å²) in [7, 11) is 0. The summed E-state index contributed by atoms with van der Waals surface area (Å²) in [6.07, 6.45) is 4.51. The van der Waals surface area contributed by atoms with Gasteiger partial charge in [-0.2, -0.15) is 6.08 Å². The van der Waals surface area contributed by atoms with E-state index in [-0.39, 0.29) is 26.5 Å². The Morgan fingerprint density at radius 2 is 1.79 bits per heavy atom. The van der Waals surface area contributed by atoms with Gasteiger partial charge >= 0.3 is 0 Å². The zero-order valence-corrected chi connectivity index (χ0v) is 11.8. The van der Waals surface area contributed by atoms with Crippen molar-refractivity contribution in [3.8, 4) is 0 Å². The molecule has 1 aliphatic carbocycles. The fourth-order valence-electron chi connectivity index (χ4n) is 1.90. The third kappa shape index (κ3) is 1.81. The Morgan fingerprint density at radius 3 is 2.43 bits per heavy atom. The molecule has 1 aliphatic rings. The first-order valence-corrected chi connectivity index (χ1v) is 4.74. The van der Waals surface area contributed by atoms with Crippen LogP contribution in [-0.4, -0.2) is 0 Å². The van der Waals surface area contributed by atoms with E-state index in [1.165, 1.54) is 17.0 Å².